The number of sulfonamides is 1. The molecule has 0 aliphatic heterocycles. The lowest BCUT2D eigenvalue weighted by molar-refractivity contribution is 0.445. The van der Waals surface area contributed by atoms with Gasteiger partial charge in [0.2, 0.25) is 10.0 Å². The molecule has 1 aromatic rings. The zero-order valence-corrected chi connectivity index (χ0v) is 12.1. The van der Waals surface area contributed by atoms with Crippen LogP contribution in [0.25, 0.3) is 0 Å². The number of rotatable bonds is 6. The first kappa shape index (κ1) is 14.5. The third-order valence-corrected chi connectivity index (χ3v) is 5.07. The van der Waals surface area contributed by atoms with Gasteiger partial charge in [0, 0.05) is 31.5 Å². The molecule has 4 nitrogen and oxygen atoms in total. The van der Waals surface area contributed by atoms with E-state index in [-0.39, 0.29) is 0 Å². The minimum atomic E-state index is -3.37. The Labute approximate surface area is 108 Å². The lowest BCUT2D eigenvalue weighted by atomic mass is 10.5. The van der Waals surface area contributed by atoms with Gasteiger partial charge in [0.05, 0.1) is 5.88 Å². The van der Waals surface area contributed by atoms with Crippen molar-refractivity contribution in [3.63, 3.8) is 0 Å². The van der Waals surface area contributed by atoms with Crippen LogP contribution in [0, 0.1) is 0 Å². The molecule has 0 aliphatic carbocycles. The molecule has 0 aromatic carbocycles. The average Bonchev–Trinajstić information content (AvgIpc) is 2.73. The number of aromatic nitrogens is 1. The van der Waals surface area contributed by atoms with Gasteiger partial charge in [-0.15, -0.1) is 11.6 Å². The summed E-state index contributed by atoms with van der Waals surface area (Å²) in [5.74, 6) is 0.321. The molecule has 0 aliphatic rings. The molecule has 98 valence electrons. The average molecular weight is 279 g/mol. The van der Waals surface area contributed by atoms with E-state index >= 15 is 0 Å². The fourth-order valence-corrected chi connectivity index (χ4v) is 3.54. The predicted molar refractivity (Wildman–Crippen MR) is 69.8 cm³/mol. The van der Waals surface area contributed by atoms with Crippen molar-refractivity contribution in [3.05, 3.63) is 18.0 Å². The highest BCUT2D eigenvalue weighted by Crippen LogP contribution is 2.20. The first-order valence-corrected chi connectivity index (χ1v) is 7.73. The summed E-state index contributed by atoms with van der Waals surface area (Å²) in [6.07, 6.45) is 1.66. The maximum Gasteiger partial charge on any atom is 0.244 e. The van der Waals surface area contributed by atoms with E-state index in [9.17, 15) is 8.42 Å². The van der Waals surface area contributed by atoms with Crippen molar-refractivity contribution in [3.8, 4) is 0 Å². The van der Waals surface area contributed by atoms with Crippen LogP contribution in [0.15, 0.2) is 17.2 Å². The summed E-state index contributed by atoms with van der Waals surface area (Å²) in [5, 5.41) is 0. The highest BCUT2D eigenvalue weighted by molar-refractivity contribution is 7.89. The molecule has 0 radical (unpaired) electrons. The number of alkyl halides is 1. The summed E-state index contributed by atoms with van der Waals surface area (Å²) in [5.41, 5.74) is 0.833. The van der Waals surface area contributed by atoms with Crippen molar-refractivity contribution in [1.82, 2.24) is 8.87 Å². The number of hydrogen-bond acceptors (Lipinski definition) is 2. The van der Waals surface area contributed by atoms with E-state index in [1.165, 1.54) is 4.31 Å². The molecule has 0 bridgehead atoms. The van der Waals surface area contributed by atoms with Crippen LogP contribution in [0.2, 0.25) is 0 Å². The monoisotopic (exact) mass is 278 g/mol. The summed E-state index contributed by atoms with van der Waals surface area (Å²) in [4.78, 5) is 0.332. The Hall–Kier alpha value is -0.520. The molecule has 0 unspecified atom stereocenters. The number of hydrogen-bond donors (Lipinski definition) is 0. The Kier molecular flexibility index (Phi) is 5.04. The van der Waals surface area contributed by atoms with E-state index in [0.29, 0.717) is 23.9 Å². The molecule has 0 amide bonds. The molecule has 6 heteroatoms. The molecular formula is C11H19ClN2O2S. The summed E-state index contributed by atoms with van der Waals surface area (Å²) in [7, 11) is -3.37. The fraction of sp³-hybridized carbons (Fsp3) is 0.636. The van der Waals surface area contributed by atoms with Crippen molar-refractivity contribution in [2.75, 3.05) is 13.1 Å². The van der Waals surface area contributed by atoms with Gasteiger partial charge in [-0.25, -0.2) is 8.42 Å². The van der Waals surface area contributed by atoms with Crippen LogP contribution >= 0.6 is 11.6 Å². The topological polar surface area (TPSA) is 42.3 Å². The van der Waals surface area contributed by atoms with E-state index in [1.807, 2.05) is 25.3 Å². The van der Waals surface area contributed by atoms with Crippen LogP contribution < -0.4 is 0 Å². The molecule has 0 spiro atoms. The van der Waals surface area contributed by atoms with Gasteiger partial charge < -0.3 is 4.57 Å². The summed E-state index contributed by atoms with van der Waals surface area (Å²) < 4.78 is 27.8. The lowest BCUT2D eigenvalue weighted by Gasteiger charge is -2.17. The Morgan fingerprint density at radius 3 is 2.24 bits per heavy atom. The quantitative estimate of drug-likeness (QED) is 0.749. The normalized spacial score (nSPS) is 12.3. The summed E-state index contributed by atoms with van der Waals surface area (Å²) >= 11 is 5.79. The van der Waals surface area contributed by atoms with E-state index in [0.717, 1.165) is 12.2 Å². The molecule has 0 saturated heterocycles. The number of aryl methyl sites for hydroxylation is 1. The van der Waals surface area contributed by atoms with Crippen molar-refractivity contribution in [1.29, 1.82) is 0 Å². The van der Waals surface area contributed by atoms with Crippen LogP contribution in [0.5, 0.6) is 0 Å². The van der Waals surface area contributed by atoms with Crippen molar-refractivity contribution in [2.45, 2.75) is 38.1 Å². The zero-order valence-electron chi connectivity index (χ0n) is 10.5. The third-order valence-electron chi connectivity index (χ3n) is 2.78. The predicted octanol–water partition coefficient (Wildman–Crippen LogP) is 2.28. The van der Waals surface area contributed by atoms with Crippen molar-refractivity contribution in [2.24, 2.45) is 0 Å². The lowest BCUT2D eigenvalue weighted by Crippen LogP contribution is -2.30. The van der Waals surface area contributed by atoms with Gasteiger partial charge in [-0.2, -0.15) is 4.31 Å². The second-order valence-corrected chi connectivity index (χ2v) is 5.88. The summed E-state index contributed by atoms with van der Waals surface area (Å²) in [6, 6.07) is 1.66. The van der Waals surface area contributed by atoms with Gasteiger partial charge >= 0.3 is 0 Å². The van der Waals surface area contributed by atoms with E-state index in [1.54, 1.807) is 12.3 Å². The minimum Gasteiger partial charge on any atom is -0.349 e. The van der Waals surface area contributed by atoms with E-state index < -0.39 is 10.0 Å². The van der Waals surface area contributed by atoms with Gasteiger partial charge in [-0.3, -0.25) is 0 Å². The van der Waals surface area contributed by atoms with Gasteiger partial charge in [0.1, 0.15) is 4.90 Å². The smallest absolute Gasteiger partial charge is 0.244 e. The Morgan fingerprint density at radius 1 is 1.29 bits per heavy atom. The van der Waals surface area contributed by atoms with Crippen molar-refractivity contribution >= 4 is 21.6 Å². The fourth-order valence-electron chi connectivity index (χ4n) is 1.78. The molecule has 1 rings (SSSR count). The highest BCUT2D eigenvalue weighted by atomic mass is 35.5. The second-order valence-electron chi connectivity index (χ2n) is 3.68. The zero-order chi connectivity index (χ0) is 13.1. The second kappa shape index (κ2) is 5.89. The van der Waals surface area contributed by atoms with Crippen molar-refractivity contribution < 1.29 is 8.42 Å². The van der Waals surface area contributed by atoms with Crippen LogP contribution in [0.1, 0.15) is 26.5 Å². The number of halogens is 1. The molecular weight excluding hydrogens is 260 g/mol. The van der Waals surface area contributed by atoms with Crippen LogP contribution in [0.3, 0.4) is 0 Å². The maximum atomic E-state index is 12.3. The molecule has 1 heterocycles. The van der Waals surface area contributed by atoms with Gasteiger partial charge in [0.25, 0.3) is 0 Å². The van der Waals surface area contributed by atoms with Gasteiger partial charge in [-0.1, -0.05) is 13.8 Å². The van der Waals surface area contributed by atoms with Crippen LogP contribution in [-0.4, -0.2) is 30.4 Å². The first-order chi connectivity index (χ1) is 8.01. The maximum absolute atomic E-state index is 12.3. The van der Waals surface area contributed by atoms with Crippen LogP contribution in [0.4, 0.5) is 0 Å². The Bertz CT molecular complexity index is 442. The molecule has 0 atom stereocenters. The molecule has 0 fully saturated rings. The molecule has 1 aromatic heterocycles. The Morgan fingerprint density at radius 2 is 1.88 bits per heavy atom. The molecule has 0 saturated carbocycles. The number of nitrogens with zero attached hydrogens (tertiary/aromatic N) is 2. The Balaban J connectivity index is 3.19. The summed E-state index contributed by atoms with van der Waals surface area (Å²) in [6.45, 7) is 7.30. The minimum absolute atomic E-state index is 0.321. The largest absolute Gasteiger partial charge is 0.349 e. The van der Waals surface area contributed by atoms with E-state index in [2.05, 4.69) is 0 Å². The first-order valence-electron chi connectivity index (χ1n) is 5.76. The standard InChI is InChI=1S/C11H19ClN2O2S/c1-4-13-9-11(7-10(13)8-12)17(15,16)14(5-2)6-3/h7,9H,4-6,8H2,1-3H3. The molecule has 0 N–H and O–H groups in total. The van der Waals surface area contributed by atoms with Gasteiger partial charge in [-0.05, 0) is 13.0 Å². The van der Waals surface area contributed by atoms with Gasteiger partial charge in [0.15, 0.2) is 0 Å². The van der Waals surface area contributed by atoms with E-state index in [4.69, 9.17) is 11.6 Å². The van der Waals surface area contributed by atoms with Crippen LogP contribution in [-0.2, 0) is 22.4 Å². The SMILES string of the molecule is CCN(CC)S(=O)(=O)c1cc(CCl)n(CC)c1. The molecule has 17 heavy (non-hydrogen) atoms. The third kappa shape index (κ3) is 2.84. The highest BCUT2D eigenvalue weighted by Gasteiger charge is 2.23.